The molecule has 10 aromatic rings. The topological polar surface area (TPSA) is 6.48 Å². The van der Waals surface area contributed by atoms with Crippen molar-refractivity contribution in [1.82, 2.24) is 0 Å². The van der Waals surface area contributed by atoms with E-state index in [-0.39, 0.29) is 0 Å². The van der Waals surface area contributed by atoms with E-state index < -0.39 is 0 Å². The molecule has 2 heterocycles. The van der Waals surface area contributed by atoms with Crippen molar-refractivity contribution in [2.45, 2.75) is 0 Å². The summed E-state index contributed by atoms with van der Waals surface area (Å²) >= 11 is 3.72. The number of hydrogen-bond donors (Lipinski definition) is 0. The number of thiophene rings is 2. The van der Waals surface area contributed by atoms with Crippen LogP contribution in [0.15, 0.2) is 194 Å². The van der Waals surface area contributed by atoms with Crippen molar-refractivity contribution < 1.29 is 0 Å². The van der Waals surface area contributed by atoms with Gasteiger partial charge in [-0.1, -0.05) is 97.1 Å². The molecule has 4 heteroatoms. The van der Waals surface area contributed by atoms with Crippen molar-refractivity contribution in [3.05, 3.63) is 194 Å². The molecule has 8 aromatic carbocycles. The minimum atomic E-state index is 1.13. The second kappa shape index (κ2) is 12.8. The predicted molar refractivity (Wildman–Crippen MR) is 227 cm³/mol. The fourth-order valence-corrected chi connectivity index (χ4v) is 9.58. The van der Waals surface area contributed by atoms with Crippen molar-refractivity contribution in [3.8, 4) is 11.1 Å². The van der Waals surface area contributed by atoms with Crippen LogP contribution in [0.1, 0.15) is 0 Å². The lowest BCUT2D eigenvalue weighted by atomic mass is 10.0. The van der Waals surface area contributed by atoms with Gasteiger partial charge in [0.05, 0.1) is 0 Å². The van der Waals surface area contributed by atoms with E-state index in [9.17, 15) is 0 Å². The van der Waals surface area contributed by atoms with Gasteiger partial charge in [-0.15, -0.1) is 22.7 Å². The number of nitrogens with zero attached hydrogens (tertiary/aromatic N) is 2. The number of rotatable bonds is 7. The van der Waals surface area contributed by atoms with E-state index in [1.807, 2.05) is 22.7 Å². The molecule has 0 fully saturated rings. The molecule has 0 bridgehead atoms. The van der Waals surface area contributed by atoms with Gasteiger partial charge in [-0.25, -0.2) is 0 Å². The maximum Gasteiger partial charge on any atom is 0.0468 e. The van der Waals surface area contributed by atoms with E-state index in [0.717, 1.165) is 34.1 Å². The van der Waals surface area contributed by atoms with Crippen LogP contribution in [-0.4, -0.2) is 0 Å². The molecule has 10 rings (SSSR count). The smallest absolute Gasteiger partial charge is 0.0468 e. The Morgan fingerprint density at radius 2 is 0.654 bits per heavy atom. The van der Waals surface area contributed by atoms with Crippen LogP contribution in [-0.2, 0) is 0 Å². The summed E-state index contributed by atoms with van der Waals surface area (Å²) in [5.74, 6) is 0. The van der Waals surface area contributed by atoms with Crippen LogP contribution in [0.4, 0.5) is 34.1 Å². The van der Waals surface area contributed by atoms with Crippen molar-refractivity contribution in [1.29, 1.82) is 0 Å². The number of fused-ring (bicyclic) bond motifs is 6. The van der Waals surface area contributed by atoms with E-state index in [2.05, 4.69) is 204 Å². The molecule has 0 saturated heterocycles. The van der Waals surface area contributed by atoms with E-state index >= 15 is 0 Å². The molecular formula is C48H32N2S2. The molecule has 0 radical (unpaired) electrons. The summed E-state index contributed by atoms with van der Waals surface area (Å²) in [6, 6.07) is 70.2. The number of hydrogen-bond acceptors (Lipinski definition) is 4. The Morgan fingerprint density at radius 1 is 0.250 bits per heavy atom. The highest BCUT2D eigenvalue weighted by Gasteiger charge is 2.17. The van der Waals surface area contributed by atoms with Crippen LogP contribution in [0.2, 0.25) is 0 Å². The summed E-state index contributed by atoms with van der Waals surface area (Å²) in [6.07, 6.45) is 0. The third kappa shape index (κ3) is 5.41. The Balaban J connectivity index is 1.01. The molecule has 0 aliphatic rings. The van der Waals surface area contributed by atoms with Gasteiger partial charge in [0.15, 0.2) is 0 Å². The van der Waals surface area contributed by atoms with Crippen molar-refractivity contribution in [3.63, 3.8) is 0 Å². The maximum absolute atomic E-state index is 2.36. The Hall–Kier alpha value is -6.20. The molecule has 0 aliphatic carbocycles. The predicted octanol–water partition coefficient (Wildman–Crippen LogP) is 15.0. The minimum absolute atomic E-state index is 1.13. The molecule has 0 saturated carbocycles. The first-order valence-corrected chi connectivity index (χ1v) is 19.1. The van der Waals surface area contributed by atoms with Gasteiger partial charge in [-0.05, 0) is 108 Å². The van der Waals surface area contributed by atoms with Gasteiger partial charge in [0, 0.05) is 74.5 Å². The Kier molecular flexibility index (Phi) is 7.56. The van der Waals surface area contributed by atoms with Crippen molar-refractivity contribution >= 4 is 97.1 Å². The van der Waals surface area contributed by atoms with Gasteiger partial charge < -0.3 is 9.80 Å². The average molecular weight is 701 g/mol. The number of benzene rings is 8. The van der Waals surface area contributed by atoms with Crippen LogP contribution in [0.25, 0.3) is 51.5 Å². The third-order valence-corrected chi connectivity index (χ3v) is 12.1. The van der Waals surface area contributed by atoms with Crippen LogP contribution in [0.5, 0.6) is 0 Å². The van der Waals surface area contributed by atoms with Gasteiger partial charge in [0.25, 0.3) is 0 Å². The maximum atomic E-state index is 2.36. The molecule has 0 spiro atoms. The highest BCUT2D eigenvalue weighted by atomic mass is 32.1. The first-order valence-electron chi connectivity index (χ1n) is 17.5. The summed E-state index contributed by atoms with van der Waals surface area (Å²) in [5.41, 5.74) is 9.28. The highest BCUT2D eigenvalue weighted by molar-refractivity contribution is 7.26. The lowest BCUT2D eigenvalue weighted by Gasteiger charge is -2.26. The Bertz CT molecular complexity index is 2800. The zero-order valence-electron chi connectivity index (χ0n) is 28.2. The molecule has 0 aliphatic heterocycles. The van der Waals surface area contributed by atoms with Gasteiger partial charge in [-0.3, -0.25) is 0 Å². The minimum Gasteiger partial charge on any atom is -0.310 e. The van der Waals surface area contributed by atoms with Crippen LogP contribution < -0.4 is 9.80 Å². The van der Waals surface area contributed by atoms with Crippen molar-refractivity contribution in [2.24, 2.45) is 0 Å². The second-order valence-corrected chi connectivity index (χ2v) is 15.2. The quantitative estimate of drug-likeness (QED) is 0.163. The zero-order valence-corrected chi connectivity index (χ0v) is 29.8. The van der Waals surface area contributed by atoms with E-state index in [4.69, 9.17) is 0 Å². The second-order valence-electron chi connectivity index (χ2n) is 13.0. The van der Waals surface area contributed by atoms with Crippen LogP contribution in [0, 0.1) is 0 Å². The van der Waals surface area contributed by atoms with Crippen molar-refractivity contribution in [2.75, 3.05) is 9.80 Å². The standard InChI is InChI=1S/C48H32N2S2/c1-4-12-35(13-5-1)49(36-14-6-2-7-15-36)39-26-29-47-44(32-39)42-27-22-34(30-48(42)52-47)33-20-23-38(24-21-33)50(37-16-8-3-9-17-37)40-25-28-46-43(31-40)41-18-10-11-19-45(41)51-46/h1-32H. The summed E-state index contributed by atoms with van der Waals surface area (Å²) in [7, 11) is 0. The van der Waals surface area contributed by atoms with E-state index in [1.54, 1.807) is 0 Å². The van der Waals surface area contributed by atoms with E-state index in [1.165, 1.54) is 51.5 Å². The number of para-hydroxylation sites is 3. The summed E-state index contributed by atoms with van der Waals surface area (Å²) < 4.78 is 5.22. The van der Waals surface area contributed by atoms with Gasteiger partial charge in [-0.2, -0.15) is 0 Å². The summed E-state index contributed by atoms with van der Waals surface area (Å²) in [6.45, 7) is 0. The molecule has 2 aromatic heterocycles. The Labute approximate surface area is 310 Å². The first-order chi connectivity index (χ1) is 25.8. The monoisotopic (exact) mass is 700 g/mol. The number of anilines is 6. The summed E-state index contributed by atoms with van der Waals surface area (Å²) in [5, 5.41) is 5.18. The van der Waals surface area contributed by atoms with Gasteiger partial charge in [0.2, 0.25) is 0 Å². The largest absolute Gasteiger partial charge is 0.310 e. The zero-order chi connectivity index (χ0) is 34.4. The summed E-state index contributed by atoms with van der Waals surface area (Å²) in [4.78, 5) is 4.69. The molecule has 2 nitrogen and oxygen atoms in total. The molecule has 52 heavy (non-hydrogen) atoms. The molecule has 0 N–H and O–H groups in total. The molecule has 0 atom stereocenters. The molecule has 0 unspecified atom stereocenters. The van der Waals surface area contributed by atoms with Gasteiger partial charge in [0.1, 0.15) is 0 Å². The average Bonchev–Trinajstić information content (AvgIpc) is 3.77. The fourth-order valence-electron chi connectivity index (χ4n) is 7.37. The normalized spacial score (nSPS) is 11.5. The fraction of sp³-hybridized carbons (Fsp3) is 0. The lowest BCUT2D eigenvalue weighted by Crippen LogP contribution is -2.09. The SMILES string of the molecule is c1ccc(N(c2ccc(-c3ccc4c(c3)sc3ccc(N(c5ccccc5)c5ccccc5)cc34)cc2)c2ccc3sc4ccccc4c3c2)cc1. The van der Waals surface area contributed by atoms with Crippen LogP contribution >= 0.6 is 22.7 Å². The van der Waals surface area contributed by atoms with Gasteiger partial charge >= 0.3 is 0 Å². The molecular weight excluding hydrogens is 669 g/mol. The molecule has 0 amide bonds. The molecule has 246 valence electrons. The van der Waals surface area contributed by atoms with E-state index in [0.29, 0.717) is 0 Å². The third-order valence-electron chi connectivity index (χ3n) is 9.83. The first kappa shape index (κ1) is 30.6. The van der Waals surface area contributed by atoms with Crippen LogP contribution in [0.3, 0.4) is 0 Å². The lowest BCUT2D eigenvalue weighted by molar-refractivity contribution is 1.29. The Morgan fingerprint density at radius 3 is 1.21 bits per heavy atom. The highest BCUT2D eigenvalue weighted by Crippen LogP contribution is 2.43.